The highest BCUT2D eigenvalue weighted by Crippen LogP contribution is 2.09. The molecule has 0 heterocycles. The van der Waals surface area contributed by atoms with Gasteiger partial charge in [-0.15, -0.1) is 0 Å². The van der Waals surface area contributed by atoms with Gasteiger partial charge < -0.3 is 14.2 Å². The highest BCUT2D eigenvalue weighted by molar-refractivity contribution is 5.71. The molecule has 0 radical (unpaired) electrons. The van der Waals surface area contributed by atoms with Gasteiger partial charge in [0.15, 0.2) is 6.10 Å². The normalized spacial score (nSPS) is 13.6. The number of hydrogen-bond acceptors (Lipinski definition) is 6. The van der Waals surface area contributed by atoms with Gasteiger partial charge in [-0.1, -0.05) is 197 Å². The summed E-state index contributed by atoms with van der Waals surface area (Å²) in [4.78, 5) is 37.9. The number of ether oxygens (including phenoxy) is 3. The molecule has 0 bridgehead atoms. The van der Waals surface area contributed by atoms with Crippen LogP contribution in [0.4, 0.5) is 0 Å². The average Bonchev–Trinajstić information content (AvgIpc) is 3.30. The maximum Gasteiger partial charge on any atom is 0.306 e. The Balaban J connectivity index is 4.68. The van der Waals surface area contributed by atoms with E-state index in [4.69, 9.17) is 14.2 Å². The smallest absolute Gasteiger partial charge is 0.306 e. The van der Waals surface area contributed by atoms with Gasteiger partial charge >= 0.3 is 17.9 Å². The molecule has 6 nitrogen and oxygen atoms in total. The lowest BCUT2D eigenvalue weighted by Gasteiger charge is -2.18. The van der Waals surface area contributed by atoms with Crippen LogP contribution in [0.1, 0.15) is 162 Å². The van der Waals surface area contributed by atoms with E-state index in [0.717, 1.165) is 103 Å². The molecule has 0 saturated heterocycles. The van der Waals surface area contributed by atoms with Crippen LogP contribution in [0.2, 0.25) is 0 Å². The van der Waals surface area contributed by atoms with Crippen LogP contribution < -0.4 is 0 Å². The van der Waals surface area contributed by atoms with E-state index in [2.05, 4.69) is 154 Å². The van der Waals surface area contributed by atoms with Gasteiger partial charge in [0, 0.05) is 19.3 Å². The lowest BCUT2D eigenvalue weighted by atomic mass is 10.1. The van der Waals surface area contributed by atoms with Crippen molar-refractivity contribution in [3.8, 4) is 0 Å². The number of carbonyl (C=O) groups excluding carboxylic acids is 3. The van der Waals surface area contributed by atoms with Crippen molar-refractivity contribution < 1.29 is 28.6 Å². The minimum atomic E-state index is -0.856. The standard InChI is InChI=1S/C59H86O6/c1-4-7-10-13-16-19-22-25-27-29-31-34-37-40-43-46-49-52-58(61)64-55-56(54-63-57(60)51-48-45-42-39-36-33-24-21-18-15-12-9-6-3)65-59(62)53-50-47-44-41-38-35-32-30-28-26-23-20-17-14-11-8-5-2/h7-12,15-21,24-28,31-36,40-41,43-44,56H,4-6,13-14,22-23,29-30,37-39,42,45-55H2,1-3H3/b10-7-,11-8-,12-9-,18-15-,19-16-,20-17-,24-21-,27-25-,28-26-,34-31-,35-32-,36-33-,43-40-,44-41-. The van der Waals surface area contributed by atoms with E-state index in [9.17, 15) is 14.4 Å². The fourth-order valence-electron chi connectivity index (χ4n) is 5.70. The van der Waals surface area contributed by atoms with E-state index in [-0.39, 0.29) is 44.4 Å². The summed E-state index contributed by atoms with van der Waals surface area (Å²) in [5.41, 5.74) is 0. The van der Waals surface area contributed by atoms with Gasteiger partial charge in [-0.3, -0.25) is 14.4 Å². The first-order valence-corrected chi connectivity index (χ1v) is 24.7. The molecule has 0 aromatic heterocycles. The Hall–Kier alpha value is -5.23. The van der Waals surface area contributed by atoms with Gasteiger partial charge in [0.25, 0.3) is 0 Å². The third-order valence-electron chi connectivity index (χ3n) is 9.29. The average molecular weight is 891 g/mol. The van der Waals surface area contributed by atoms with Crippen molar-refractivity contribution in [2.45, 2.75) is 168 Å². The summed E-state index contributed by atoms with van der Waals surface area (Å²) < 4.78 is 16.6. The first-order valence-electron chi connectivity index (χ1n) is 24.7. The maximum atomic E-state index is 12.8. The molecular formula is C59H86O6. The zero-order valence-corrected chi connectivity index (χ0v) is 40.7. The second kappa shape index (κ2) is 51.4. The highest BCUT2D eigenvalue weighted by atomic mass is 16.6. The van der Waals surface area contributed by atoms with Gasteiger partial charge in [-0.05, 0) is 116 Å². The van der Waals surface area contributed by atoms with Crippen LogP contribution in [-0.2, 0) is 28.6 Å². The third kappa shape index (κ3) is 49.6. The number of rotatable bonds is 41. The van der Waals surface area contributed by atoms with Crippen LogP contribution in [0.25, 0.3) is 0 Å². The molecule has 0 aliphatic rings. The van der Waals surface area contributed by atoms with Gasteiger partial charge in [0.2, 0.25) is 0 Å². The van der Waals surface area contributed by atoms with Crippen molar-refractivity contribution in [2.75, 3.05) is 13.2 Å². The molecule has 0 aliphatic heterocycles. The molecule has 0 spiro atoms. The number of hydrogen-bond donors (Lipinski definition) is 0. The number of unbranched alkanes of at least 4 members (excludes halogenated alkanes) is 5. The Morgan fingerprint density at radius 2 is 0.646 bits per heavy atom. The summed E-state index contributed by atoms with van der Waals surface area (Å²) in [6.07, 6.45) is 76.3. The van der Waals surface area contributed by atoms with Crippen LogP contribution in [-0.4, -0.2) is 37.2 Å². The summed E-state index contributed by atoms with van der Waals surface area (Å²) >= 11 is 0. The minimum Gasteiger partial charge on any atom is -0.462 e. The molecule has 6 heteroatoms. The molecular weight excluding hydrogens is 805 g/mol. The lowest BCUT2D eigenvalue weighted by molar-refractivity contribution is -0.167. The first-order chi connectivity index (χ1) is 32.0. The maximum absolute atomic E-state index is 12.8. The van der Waals surface area contributed by atoms with Crippen molar-refractivity contribution in [1.82, 2.24) is 0 Å². The fraction of sp³-hybridized carbons (Fsp3) is 0.475. The lowest BCUT2D eigenvalue weighted by Crippen LogP contribution is -2.30. The molecule has 0 aromatic rings. The summed E-state index contributed by atoms with van der Waals surface area (Å²) in [7, 11) is 0. The SMILES string of the molecule is CC\C=C/C=C\C=C/C=C\CCCCCC(=O)OCC(COC(=O)CCC/C=C\C/C=C\C/C=C\C/C=C\C/C=C\CC)OC(=O)CCC/C=C\C/C=C\C/C=C\C/C=C\C/C=C\CC. The van der Waals surface area contributed by atoms with Gasteiger partial charge in [-0.2, -0.15) is 0 Å². The van der Waals surface area contributed by atoms with Crippen LogP contribution in [0, 0.1) is 0 Å². The Bertz CT molecular complexity index is 1590. The monoisotopic (exact) mass is 891 g/mol. The van der Waals surface area contributed by atoms with Crippen molar-refractivity contribution >= 4 is 17.9 Å². The predicted molar refractivity (Wildman–Crippen MR) is 278 cm³/mol. The van der Waals surface area contributed by atoms with Crippen LogP contribution in [0.3, 0.4) is 0 Å². The number of carbonyl (C=O) groups is 3. The fourth-order valence-corrected chi connectivity index (χ4v) is 5.70. The molecule has 0 fully saturated rings. The summed E-state index contributed by atoms with van der Waals surface area (Å²) in [5, 5.41) is 0. The van der Waals surface area contributed by atoms with Crippen LogP contribution >= 0.6 is 0 Å². The van der Waals surface area contributed by atoms with E-state index in [1.165, 1.54) is 0 Å². The van der Waals surface area contributed by atoms with Crippen molar-refractivity contribution in [1.29, 1.82) is 0 Å². The summed E-state index contributed by atoms with van der Waals surface area (Å²) in [6, 6.07) is 0. The Kier molecular flexibility index (Phi) is 47.3. The van der Waals surface area contributed by atoms with E-state index in [1.807, 2.05) is 36.5 Å². The minimum absolute atomic E-state index is 0.148. The largest absolute Gasteiger partial charge is 0.462 e. The van der Waals surface area contributed by atoms with Crippen molar-refractivity contribution in [3.05, 3.63) is 170 Å². The molecule has 358 valence electrons. The molecule has 1 unspecified atom stereocenters. The summed E-state index contributed by atoms with van der Waals surface area (Å²) in [5.74, 6) is -1.12. The van der Waals surface area contributed by atoms with Crippen LogP contribution in [0.5, 0.6) is 0 Å². The zero-order chi connectivity index (χ0) is 47.2. The molecule has 0 rings (SSSR count). The molecule has 0 aromatic carbocycles. The highest BCUT2D eigenvalue weighted by Gasteiger charge is 2.19. The van der Waals surface area contributed by atoms with Crippen molar-refractivity contribution in [3.63, 3.8) is 0 Å². The quantitative estimate of drug-likeness (QED) is 0.0200. The van der Waals surface area contributed by atoms with E-state index in [0.29, 0.717) is 19.3 Å². The van der Waals surface area contributed by atoms with Crippen LogP contribution in [0.15, 0.2) is 170 Å². The zero-order valence-electron chi connectivity index (χ0n) is 40.7. The molecule has 0 saturated carbocycles. The molecule has 65 heavy (non-hydrogen) atoms. The number of allylic oxidation sites excluding steroid dienone is 28. The Morgan fingerprint density at radius 3 is 1.06 bits per heavy atom. The number of esters is 3. The first kappa shape index (κ1) is 59.8. The van der Waals surface area contributed by atoms with Crippen molar-refractivity contribution in [2.24, 2.45) is 0 Å². The van der Waals surface area contributed by atoms with E-state index < -0.39 is 12.1 Å². The third-order valence-corrected chi connectivity index (χ3v) is 9.29. The molecule has 0 N–H and O–H groups in total. The molecule has 0 amide bonds. The predicted octanol–water partition coefficient (Wildman–Crippen LogP) is 16.4. The Labute approximate surface area is 396 Å². The van der Waals surface area contributed by atoms with Gasteiger partial charge in [0.05, 0.1) is 0 Å². The second-order valence-corrected chi connectivity index (χ2v) is 15.3. The van der Waals surface area contributed by atoms with E-state index in [1.54, 1.807) is 0 Å². The second-order valence-electron chi connectivity index (χ2n) is 15.3. The topological polar surface area (TPSA) is 78.9 Å². The van der Waals surface area contributed by atoms with E-state index >= 15 is 0 Å². The van der Waals surface area contributed by atoms with Gasteiger partial charge in [0.1, 0.15) is 13.2 Å². The Morgan fingerprint density at radius 1 is 0.323 bits per heavy atom. The molecule has 0 aliphatic carbocycles. The van der Waals surface area contributed by atoms with Gasteiger partial charge in [-0.25, -0.2) is 0 Å². The summed E-state index contributed by atoms with van der Waals surface area (Å²) in [6.45, 7) is 6.09. The molecule has 1 atom stereocenters.